The summed E-state index contributed by atoms with van der Waals surface area (Å²) in [6.45, 7) is 4.27. The molecule has 1 aliphatic rings. The number of hydrogen-bond donors (Lipinski definition) is 1. The second kappa shape index (κ2) is 7.53. The first kappa shape index (κ1) is 16.6. The van der Waals surface area contributed by atoms with Crippen molar-refractivity contribution in [3.8, 4) is 0 Å². The highest BCUT2D eigenvalue weighted by atomic mass is 16.1. The lowest BCUT2D eigenvalue weighted by Gasteiger charge is -2.30. The molecular formula is C19H23N3O2. The van der Waals surface area contributed by atoms with Crippen molar-refractivity contribution in [1.82, 2.24) is 14.9 Å². The number of aromatic nitrogens is 2. The molecule has 0 radical (unpaired) electrons. The molecule has 24 heavy (non-hydrogen) atoms. The second-order valence-electron chi connectivity index (χ2n) is 6.55. The minimum atomic E-state index is -0.129. The minimum absolute atomic E-state index is 0.128. The van der Waals surface area contributed by atoms with Gasteiger partial charge in [-0.25, -0.2) is 0 Å². The van der Waals surface area contributed by atoms with Gasteiger partial charge >= 0.3 is 0 Å². The summed E-state index contributed by atoms with van der Waals surface area (Å²) in [5.74, 6) is 0.458. The Balaban J connectivity index is 1.52. The van der Waals surface area contributed by atoms with Crippen molar-refractivity contribution in [3.05, 3.63) is 63.8 Å². The molecule has 5 heteroatoms. The zero-order valence-electron chi connectivity index (χ0n) is 14.0. The van der Waals surface area contributed by atoms with Crippen LogP contribution in [0.2, 0.25) is 0 Å². The first-order valence-electron chi connectivity index (χ1n) is 8.45. The Morgan fingerprint density at radius 3 is 2.83 bits per heavy atom. The van der Waals surface area contributed by atoms with E-state index in [0.717, 1.165) is 31.5 Å². The maximum absolute atomic E-state index is 12.5. The van der Waals surface area contributed by atoms with Crippen LogP contribution in [0.4, 0.5) is 0 Å². The molecule has 0 atom stereocenters. The van der Waals surface area contributed by atoms with Crippen molar-refractivity contribution in [3.63, 3.8) is 0 Å². The number of benzene rings is 1. The molecule has 1 saturated heterocycles. The first-order chi connectivity index (χ1) is 11.6. The SMILES string of the molecule is Cc1cccc(CC(=O)C2CCN(Cc3ncc[nH]c3=O)CC2)c1. The Labute approximate surface area is 141 Å². The highest BCUT2D eigenvalue weighted by Gasteiger charge is 2.25. The summed E-state index contributed by atoms with van der Waals surface area (Å²) in [4.78, 5) is 33.2. The molecule has 1 fully saturated rings. The van der Waals surface area contributed by atoms with Crippen LogP contribution in [0.5, 0.6) is 0 Å². The summed E-state index contributed by atoms with van der Waals surface area (Å²) >= 11 is 0. The molecule has 3 rings (SSSR count). The number of likely N-dealkylation sites (tertiary alicyclic amines) is 1. The standard InChI is InChI=1S/C19H23N3O2/c1-14-3-2-4-15(11-14)12-18(23)16-5-9-22(10-6-16)13-17-19(24)21-8-7-20-17/h2-4,7-8,11,16H,5-6,9-10,12-13H2,1H3,(H,21,24). The van der Waals surface area contributed by atoms with E-state index in [1.165, 1.54) is 5.56 Å². The van der Waals surface area contributed by atoms with E-state index >= 15 is 0 Å². The summed E-state index contributed by atoms with van der Waals surface area (Å²) in [6.07, 6.45) is 5.38. The van der Waals surface area contributed by atoms with Crippen molar-refractivity contribution in [2.45, 2.75) is 32.7 Å². The van der Waals surface area contributed by atoms with Crippen molar-refractivity contribution in [2.75, 3.05) is 13.1 Å². The smallest absolute Gasteiger partial charge is 0.270 e. The molecule has 0 saturated carbocycles. The quantitative estimate of drug-likeness (QED) is 0.914. The van der Waals surface area contributed by atoms with Gasteiger partial charge in [0, 0.05) is 31.3 Å². The fourth-order valence-corrected chi connectivity index (χ4v) is 3.29. The highest BCUT2D eigenvalue weighted by Crippen LogP contribution is 2.21. The lowest BCUT2D eigenvalue weighted by Crippen LogP contribution is -2.37. The third kappa shape index (κ3) is 4.17. The maximum atomic E-state index is 12.5. The van der Waals surface area contributed by atoms with Crippen molar-refractivity contribution >= 4 is 5.78 Å². The number of ketones is 1. The molecule has 0 bridgehead atoms. The predicted octanol–water partition coefficient (Wildman–Crippen LogP) is 2.10. The van der Waals surface area contributed by atoms with Gasteiger partial charge < -0.3 is 4.98 Å². The van der Waals surface area contributed by atoms with Gasteiger partial charge in [0.25, 0.3) is 5.56 Å². The van der Waals surface area contributed by atoms with Gasteiger partial charge in [0.05, 0.1) is 0 Å². The van der Waals surface area contributed by atoms with E-state index in [9.17, 15) is 9.59 Å². The molecule has 0 amide bonds. The third-order valence-corrected chi connectivity index (χ3v) is 4.66. The highest BCUT2D eigenvalue weighted by molar-refractivity contribution is 5.83. The van der Waals surface area contributed by atoms with Gasteiger partial charge in [-0.3, -0.25) is 19.5 Å². The Kier molecular flexibility index (Phi) is 5.20. The Morgan fingerprint density at radius 2 is 2.12 bits per heavy atom. The Morgan fingerprint density at radius 1 is 1.33 bits per heavy atom. The van der Waals surface area contributed by atoms with Gasteiger partial charge in [0.15, 0.2) is 0 Å². The van der Waals surface area contributed by atoms with Crippen LogP contribution >= 0.6 is 0 Å². The van der Waals surface area contributed by atoms with Gasteiger partial charge in [0.1, 0.15) is 11.5 Å². The summed E-state index contributed by atoms with van der Waals surface area (Å²) < 4.78 is 0. The zero-order valence-corrected chi connectivity index (χ0v) is 14.0. The molecule has 1 N–H and O–H groups in total. The number of aromatic amines is 1. The zero-order chi connectivity index (χ0) is 16.9. The average Bonchev–Trinajstić information content (AvgIpc) is 2.57. The molecule has 1 aromatic heterocycles. The van der Waals surface area contributed by atoms with Gasteiger partial charge in [-0.2, -0.15) is 0 Å². The van der Waals surface area contributed by atoms with Crippen LogP contribution in [0.3, 0.4) is 0 Å². The Bertz CT molecular complexity index is 761. The number of H-pyrrole nitrogens is 1. The molecule has 5 nitrogen and oxygen atoms in total. The molecule has 1 aromatic carbocycles. The van der Waals surface area contributed by atoms with Crippen LogP contribution in [-0.4, -0.2) is 33.7 Å². The molecule has 0 spiro atoms. The molecule has 0 aliphatic carbocycles. The van der Waals surface area contributed by atoms with Crippen molar-refractivity contribution in [1.29, 1.82) is 0 Å². The van der Waals surface area contributed by atoms with E-state index in [4.69, 9.17) is 0 Å². The number of Topliss-reactive ketones (excluding diaryl/α,β-unsaturated/α-hetero) is 1. The van der Waals surface area contributed by atoms with Crippen LogP contribution < -0.4 is 5.56 Å². The normalized spacial score (nSPS) is 16.2. The van der Waals surface area contributed by atoms with Gasteiger partial charge in [-0.1, -0.05) is 29.8 Å². The van der Waals surface area contributed by atoms with E-state index in [1.54, 1.807) is 12.4 Å². The number of carbonyl (C=O) groups excluding carboxylic acids is 1. The minimum Gasteiger partial charge on any atom is -0.326 e. The van der Waals surface area contributed by atoms with Crippen molar-refractivity contribution < 1.29 is 4.79 Å². The summed E-state index contributed by atoms with van der Waals surface area (Å²) in [5.41, 5.74) is 2.70. The van der Waals surface area contributed by atoms with Gasteiger partial charge in [0.2, 0.25) is 0 Å². The fourth-order valence-electron chi connectivity index (χ4n) is 3.29. The maximum Gasteiger partial charge on any atom is 0.270 e. The van der Waals surface area contributed by atoms with E-state index in [1.807, 2.05) is 25.1 Å². The number of nitrogens with one attached hydrogen (secondary N) is 1. The predicted molar refractivity (Wildman–Crippen MR) is 92.7 cm³/mol. The lowest BCUT2D eigenvalue weighted by molar-refractivity contribution is -0.123. The van der Waals surface area contributed by atoms with Crippen LogP contribution in [-0.2, 0) is 17.8 Å². The van der Waals surface area contributed by atoms with Gasteiger partial charge in [-0.05, 0) is 38.4 Å². The largest absolute Gasteiger partial charge is 0.326 e. The topological polar surface area (TPSA) is 66.1 Å². The second-order valence-corrected chi connectivity index (χ2v) is 6.55. The summed E-state index contributed by atoms with van der Waals surface area (Å²) in [6, 6.07) is 8.16. The van der Waals surface area contributed by atoms with Gasteiger partial charge in [-0.15, -0.1) is 0 Å². The first-order valence-corrected chi connectivity index (χ1v) is 8.45. The number of carbonyl (C=O) groups is 1. The third-order valence-electron chi connectivity index (χ3n) is 4.66. The van der Waals surface area contributed by atoms with Crippen LogP contribution in [0, 0.1) is 12.8 Å². The fraction of sp³-hybridized carbons (Fsp3) is 0.421. The molecule has 2 heterocycles. The number of rotatable bonds is 5. The number of piperidine rings is 1. The molecule has 0 unspecified atom stereocenters. The van der Waals surface area contributed by atoms with Crippen LogP contribution in [0.15, 0.2) is 41.5 Å². The molecule has 126 valence electrons. The average molecular weight is 325 g/mol. The Hall–Kier alpha value is -2.27. The van der Waals surface area contributed by atoms with Crippen LogP contribution in [0.1, 0.15) is 29.7 Å². The number of hydrogen-bond acceptors (Lipinski definition) is 4. The lowest BCUT2D eigenvalue weighted by atomic mass is 9.89. The van der Waals surface area contributed by atoms with E-state index in [2.05, 4.69) is 20.9 Å². The van der Waals surface area contributed by atoms with E-state index in [-0.39, 0.29) is 11.5 Å². The molecule has 1 aliphatic heterocycles. The summed E-state index contributed by atoms with van der Waals surface area (Å²) in [5, 5.41) is 0. The number of nitrogens with zero attached hydrogens (tertiary/aromatic N) is 2. The van der Waals surface area contributed by atoms with E-state index < -0.39 is 0 Å². The van der Waals surface area contributed by atoms with Crippen LogP contribution in [0.25, 0.3) is 0 Å². The number of aryl methyl sites for hydroxylation is 1. The molecular weight excluding hydrogens is 302 g/mol. The van der Waals surface area contributed by atoms with Crippen molar-refractivity contribution in [2.24, 2.45) is 5.92 Å². The molecule has 2 aromatic rings. The summed E-state index contributed by atoms with van der Waals surface area (Å²) in [7, 11) is 0. The van der Waals surface area contributed by atoms with E-state index in [0.29, 0.717) is 24.4 Å². The monoisotopic (exact) mass is 325 g/mol.